The van der Waals surface area contributed by atoms with E-state index >= 15 is 0 Å². The van der Waals surface area contributed by atoms with Gasteiger partial charge in [-0.1, -0.05) is 17.7 Å². The summed E-state index contributed by atoms with van der Waals surface area (Å²) < 4.78 is 0. The number of amides is 1. The average molecular weight is 336 g/mol. The van der Waals surface area contributed by atoms with E-state index in [0.717, 1.165) is 39.1 Å². The van der Waals surface area contributed by atoms with E-state index in [1.807, 2.05) is 22.5 Å². The number of rotatable bonds is 3. The maximum Gasteiger partial charge on any atom is 0.265 e. The van der Waals surface area contributed by atoms with E-state index in [0.29, 0.717) is 9.90 Å². The Bertz CT molecular complexity index is 631. The van der Waals surface area contributed by atoms with Crippen molar-refractivity contribution in [2.24, 2.45) is 0 Å². The standard InChI is InChI=1S/C16H18ClN3OS/c17-14-4-10-22-15(14)16(21)20-7-2-6-19(8-9-20)12-13-3-1-5-18-11-13/h1,3-5,10-11H,2,6-9,12H2. The Hall–Kier alpha value is -1.43. The molecule has 0 radical (unpaired) electrons. The summed E-state index contributed by atoms with van der Waals surface area (Å²) in [5.41, 5.74) is 1.21. The van der Waals surface area contributed by atoms with E-state index in [2.05, 4.69) is 16.0 Å². The van der Waals surface area contributed by atoms with Crippen LogP contribution in [0.3, 0.4) is 0 Å². The Kier molecular flexibility index (Phi) is 5.08. The Morgan fingerprint density at radius 2 is 2.18 bits per heavy atom. The lowest BCUT2D eigenvalue weighted by atomic mass is 10.2. The van der Waals surface area contributed by atoms with Crippen molar-refractivity contribution in [3.05, 3.63) is 51.4 Å². The monoisotopic (exact) mass is 335 g/mol. The van der Waals surface area contributed by atoms with Crippen LogP contribution < -0.4 is 0 Å². The van der Waals surface area contributed by atoms with Gasteiger partial charge in [-0.3, -0.25) is 14.7 Å². The van der Waals surface area contributed by atoms with Crippen LogP contribution >= 0.6 is 22.9 Å². The molecule has 2 aromatic rings. The number of hydrogen-bond donors (Lipinski definition) is 0. The Labute approximate surface area is 139 Å². The molecule has 1 saturated heterocycles. The van der Waals surface area contributed by atoms with Crippen molar-refractivity contribution in [1.29, 1.82) is 0 Å². The van der Waals surface area contributed by atoms with Crippen LogP contribution in [0, 0.1) is 0 Å². The Morgan fingerprint density at radius 1 is 1.27 bits per heavy atom. The van der Waals surface area contributed by atoms with Gasteiger partial charge < -0.3 is 4.90 Å². The van der Waals surface area contributed by atoms with E-state index < -0.39 is 0 Å². The van der Waals surface area contributed by atoms with Crippen molar-refractivity contribution in [3.8, 4) is 0 Å². The van der Waals surface area contributed by atoms with Crippen LogP contribution in [-0.2, 0) is 6.54 Å². The molecule has 116 valence electrons. The molecule has 0 bridgehead atoms. The fourth-order valence-electron chi connectivity index (χ4n) is 2.67. The molecular formula is C16H18ClN3OS. The Morgan fingerprint density at radius 3 is 2.91 bits per heavy atom. The molecule has 0 aliphatic carbocycles. The highest BCUT2D eigenvalue weighted by molar-refractivity contribution is 7.12. The number of thiophene rings is 1. The normalized spacial score (nSPS) is 16.5. The molecule has 6 heteroatoms. The average Bonchev–Trinajstić information content (AvgIpc) is 2.82. The third-order valence-corrected chi connectivity index (χ3v) is 5.15. The lowest BCUT2D eigenvalue weighted by Gasteiger charge is -2.21. The molecule has 22 heavy (non-hydrogen) atoms. The zero-order valence-electron chi connectivity index (χ0n) is 12.2. The topological polar surface area (TPSA) is 36.4 Å². The lowest BCUT2D eigenvalue weighted by Crippen LogP contribution is -2.34. The van der Waals surface area contributed by atoms with Gasteiger partial charge in [0.2, 0.25) is 0 Å². The summed E-state index contributed by atoms with van der Waals surface area (Å²) in [7, 11) is 0. The third-order valence-electron chi connectivity index (χ3n) is 3.82. The molecule has 0 N–H and O–H groups in total. The van der Waals surface area contributed by atoms with Crippen LogP contribution in [0.25, 0.3) is 0 Å². The van der Waals surface area contributed by atoms with Crippen LogP contribution in [0.5, 0.6) is 0 Å². The Balaban J connectivity index is 1.60. The number of hydrogen-bond acceptors (Lipinski definition) is 4. The number of nitrogens with zero attached hydrogens (tertiary/aromatic N) is 3. The lowest BCUT2D eigenvalue weighted by molar-refractivity contribution is 0.0766. The summed E-state index contributed by atoms with van der Waals surface area (Å²) in [6.07, 6.45) is 4.67. The summed E-state index contributed by atoms with van der Waals surface area (Å²) in [6, 6.07) is 5.83. The van der Waals surface area contributed by atoms with Crippen LogP contribution in [0.15, 0.2) is 36.0 Å². The minimum atomic E-state index is 0.0585. The second-order valence-corrected chi connectivity index (χ2v) is 6.70. The molecule has 3 heterocycles. The first-order valence-corrected chi connectivity index (χ1v) is 8.63. The molecule has 1 aliphatic heterocycles. The molecule has 1 amide bonds. The first kappa shape index (κ1) is 15.5. The molecule has 0 spiro atoms. The van der Waals surface area contributed by atoms with E-state index in [1.54, 1.807) is 12.3 Å². The van der Waals surface area contributed by atoms with Gasteiger partial charge in [-0.05, 0) is 29.5 Å². The zero-order chi connectivity index (χ0) is 15.4. The first-order valence-electron chi connectivity index (χ1n) is 7.37. The summed E-state index contributed by atoms with van der Waals surface area (Å²) in [6.45, 7) is 4.29. The van der Waals surface area contributed by atoms with Gasteiger partial charge in [0, 0.05) is 45.1 Å². The van der Waals surface area contributed by atoms with Crippen molar-refractivity contribution >= 4 is 28.8 Å². The van der Waals surface area contributed by atoms with Crippen LogP contribution in [0.2, 0.25) is 5.02 Å². The van der Waals surface area contributed by atoms with Crippen molar-refractivity contribution in [2.75, 3.05) is 26.2 Å². The molecule has 1 fully saturated rings. The van der Waals surface area contributed by atoms with Crippen molar-refractivity contribution in [3.63, 3.8) is 0 Å². The number of halogens is 1. The molecule has 0 saturated carbocycles. The summed E-state index contributed by atoms with van der Waals surface area (Å²) in [4.78, 5) is 21.6. The van der Waals surface area contributed by atoms with Gasteiger partial charge in [0.15, 0.2) is 0 Å². The fraction of sp³-hybridized carbons (Fsp3) is 0.375. The van der Waals surface area contributed by atoms with Gasteiger partial charge in [0.25, 0.3) is 5.91 Å². The fourth-order valence-corrected chi connectivity index (χ4v) is 3.77. The predicted octanol–water partition coefficient (Wildman–Crippen LogP) is 3.14. The van der Waals surface area contributed by atoms with E-state index in [4.69, 9.17) is 11.6 Å². The van der Waals surface area contributed by atoms with Gasteiger partial charge in [0.05, 0.1) is 5.02 Å². The van der Waals surface area contributed by atoms with Gasteiger partial charge >= 0.3 is 0 Å². The highest BCUT2D eigenvalue weighted by Gasteiger charge is 2.22. The zero-order valence-corrected chi connectivity index (χ0v) is 13.8. The molecule has 0 aromatic carbocycles. The van der Waals surface area contributed by atoms with Gasteiger partial charge in [-0.15, -0.1) is 11.3 Å². The third kappa shape index (κ3) is 3.66. The number of pyridine rings is 1. The maximum absolute atomic E-state index is 12.5. The predicted molar refractivity (Wildman–Crippen MR) is 89.4 cm³/mol. The second-order valence-electron chi connectivity index (χ2n) is 5.38. The van der Waals surface area contributed by atoms with Crippen LogP contribution in [0.1, 0.15) is 21.7 Å². The number of aromatic nitrogens is 1. The smallest absolute Gasteiger partial charge is 0.265 e. The molecule has 1 aliphatic rings. The van der Waals surface area contributed by atoms with E-state index in [-0.39, 0.29) is 5.91 Å². The highest BCUT2D eigenvalue weighted by Crippen LogP contribution is 2.24. The van der Waals surface area contributed by atoms with Gasteiger partial charge in [-0.25, -0.2) is 0 Å². The maximum atomic E-state index is 12.5. The number of carbonyl (C=O) groups excluding carboxylic acids is 1. The van der Waals surface area contributed by atoms with Crippen molar-refractivity contribution < 1.29 is 4.79 Å². The number of carbonyl (C=O) groups is 1. The minimum absolute atomic E-state index is 0.0585. The largest absolute Gasteiger partial charge is 0.337 e. The van der Waals surface area contributed by atoms with E-state index in [1.165, 1.54) is 16.9 Å². The SMILES string of the molecule is O=C(c1sccc1Cl)N1CCCN(Cc2cccnc2)CC1. The van der Waals surface area contributed by atoms with Gasteiger partial charge in [0.1, 0.15) is 4.88 Å². The molecule has 2 aromatic heterocycles. The van der Waals surface area contributed by atoms with Crippen molar-refractivity contribution in [2.45, 2.75) is 13.0 Å². The quantitative estimate of drug-likeness (QED) is 0.864. The first-order chi connectivity index (χ1) is 10.7. The second kappa shape index (κ2) is 7.22. The highest BCUT2D eigenvalue weighted by atomic mass is 35.5. The molecule has 3 rings (SSSR count). The summed E-state index contributed by atoms with van der Waals surface area (Å²) in [5.74, 6) is 0.0585. The van der Waals surface area contributed by atoms with Gasteiger partial charge in [-0.2, -0.15) is 0 Å². The summed E-state index contributed by atoms with van der Waals surface area (Å²) >= 11 is 7.49. The van der Waals surface area contributed by atoms with Crippen LogP contribution in [-0.4, -0.2) is 46.9 Å². The molecular weight excluding hydrogens is 318 g/mol. The molecule has 4 nitrogen and oxygen atoms in total. The van der Waals surface area contributed by atoms with Crippen molar-refractivity contribution in [1.82, 2.24) is 14.8 Å². The van der Waals surface area contributed by atoms with E-state index in [9.17, 15) is 4.79 Å². The molecule has 0 unspecified atom stereocenters. The summed E-state index contributed by atoms with van der Waals surface area (Å²) in [5, 5.41) is 2.42. The molecule has 0 atom stereocenters. The minimum Gasteiger partial charge on any atom is -0.337 e. The van der Waals surface area contributed by atoms with Crippen LogP contribution in [0.4, 0.5) is 0 Å².